The van der Waals surface area contributed by atoms with E-state index in [1.165, 1.54) is 0 Å². The lowest BCUT2D eigenvalue weighted by molar-refractivity contribution is 0.390. The van der Waals surface area contributed by atoms with Gasteiger partial charge in [-0.25, -0.2) is 13.1 Å². The van der Waals surface area contributed by atoms with E-state index < -0.39 is 10.0 Å². The Balaban J connectivity index is 1.97. The first-order valence-corrected chi connectivity index (χ1v) is 7.62. The molecule has 7 heteroatoms. The molecule has 5 nitrogen and oxygen atoms in total. The van der Waals surface area contributed by atoms with E-state index in [-0.39, 0.29) is 12.3 Å². The van der Waals surface area contributed by atoms with Gasteiger partial charge in [-0.15, -0.1) is 0 Å². The Labute approximate surface area is 116 Å². The van der Waals surface area contributed by atoms with Crippen molar-refractivity contribution in [3.8, 4) is 0 Å². The lowest BCUT2D eigenvalue weighted by Crippen LogP contribution is -2.24. The van der Waals surface area contributed by atoms with Gasteiger partial charge in [0, 0.05) is 11.1 Å². The summed E-state index contributed by atoms with van der Waals surface area (Å²) >= 11 is 5.74. The quantitative estimate of drug-likeness (QED) is 0.919. The van der Waals surface area contributed by atoms with E-state index in [1.54, 1.807) is 37.3 Å². The minimum absolute atomic E-state index is 0.0962. The number of rotatable bonds is 5. The van der Waals surface area contributed by atoms with Crippen LogP contribution in [0, 0.1) is 6.92 Å². The second-order valence-electron chi connectivity index (χ2n) is 4.14. The molecule has 0 spiro atoms. The highest BCUT2D eigenvalue weighted by Crippen LogP contribution is 2.12. The summed E-state index contributed by atoms with van der Waals surface area (Å²) < 4.78 is 31.1. The van der Waals surface area contributed by atoms with Gasteiger partial charge in [0.25, 0.3) is 0 Å². The van der Waals surface area contributed by atoms with E-state index in [4.69, 9.17) is 16.1 Å². The monoisotopic (exact) mass is 300 g/mol. The van der Waals surface area contributed by atoms with Crippen LogP contribution in [0.5, 0.6) is 0 Å². The summed E-state index contributed by atoms with van der Waals surface area (Å²) in [7, 11) is -3.41. The van der Waals surface area contributed by atoms with E-state index in [9.17, 15) is 8.42 Å². The van der Waals surface area contributed by atoms with Gasteiger partial charge in [0.1, 0.15) is 5.76 Å². The molecule has 19 heavy (non-hydrogen) atoms. The number of sulfonamides is 1. The largest absolute Gasteiger partial charge is 0.361 e. The Morgan fingerprint density at radius 1 is 1.32 bits per heavy atom. The fourth-order valence-corrected chi connectivity index (χ4v) is 2.76. The molecular formula is C12H13ClN2O3S. The molecule has 102 valence electrons. The van der Waals surface area contributed by atoms with Crippen molar-refractivity contribution in [3.63, 3.8) is 0 Å². The number of hydrogen-bond acceptors (Lipinski definition) is 4. The number of aryl methyl sites for hydroxylation is 1. The molecule has 0 aliphatic rings. The molecule has 0 radical (unpaired) electrons. The molecule has 0 unspecified atom stereocenters. The standard InChI is InChI=1S/C12H13ClN2O3S/c1-9-6-12(15-18-9)7-14-19(16,17)8-10-2-4-11(13)5-3-10/h2-6,14H,7-8H2,1H3. The Morgan fingerprint density at radius 2 is 2.00 bits per heavy atom. The van der Waals surface area contributed by atoms with Gasteiger partial charge < -0.3 is 4.52 Å². The molecule has 0 aliphatic heterocycles. The smallest absolute Gasteiger partial charge is 0.216 e. The van der Waals surface area contributed by atoms with Gasteiger partial charge in [0.15, 0.2) is 0 Å². The van der Waals surface area contributed by atoms with E-state index in [1.807, 2.05) is 0 Å². The average molecular weight is 301 g/mol. The summed E-state index contributed by atoms with van der Waals surface area (Å²) in [5.41, 5.74) is 1.23. The second-order valence-corrected chi connectivity index (χ2v) is 6.38. The molecule has 1 aromatic carbocycles. The zero-order valence-electron chi connectivity index (χ0n) is 10.3. The fourth-order valence-electron chi connectivity index (χ4n) is 1.54. The molecule has 0 saturated heterocycles. The third-order valence-electron chi connectivity index (χ3n) is 2.42. The van der Waals surface area contributed by atoms with Crippen molar-refractivity contribution in [2.75, 3.05) is 0 Å². The first-order chi connectivity index (χ1) is 8.94. The zero-order valence-corrected chi connectivity index (χ0v) is 11.8. The van der Waals surface area contributed by atoms with Gasteiger partial charge in [-0.1, -0.05) is 28.9 Å². The van der Waals surface area contributed by atoms with Gasteiger partial charge in [0.2, 0.25) is 10.0 Å². The highest BCUT2D eigenvalue weighted by Gasteiger charge is 2.12. The number of hydrogen-bond donors (Lipinski definition) is 1. The number of nitrogens with zero attached hydrogens (tertiary/aromatic N) is 1. The van der Waals surface area contributed by atoms with Gasteiger partial charge in [0.05, 0.1) is 18.0 Å². The van der Waals surface area contributed by atoms with Crippen molar-refractivity contribution in [2.45, 2.75) is 19.2 Å². The fraction of sp³-hybridized carbons (Fsp3) is 0.250. The number of nitrogens with one attached hydrogen (secondary N) is 1. The Hall–Kier alpha value is -1.37. The predicted octanol–water partition coefficient (Wildman–Crippen LogP) is 2.26. The summed E-state index contributed by atoms with van der Waals surface area (Å²) in [5, 5.41) is 4.29. The average Bonchev–Trinajstić information content (AvgIpc) is 2.76. The van der Waals surface area contributed by atoms with Gasteiger partial charge in [-0.05, 0) is 24.6 Å². The first-order valence-electron chi connectivity index (χ1n) is 5.58. The molecule has 0 bridgehead atoms. The van der Waals surface area contributed by atoms with E-state index in [2.05, 4.69) is 9.88 Å². The number of benzene rings is 1. The highest BCUT2D eigenvalue weighted by atomic mass is 35.5. The lowest BCUT2D eigenvalue weighted by Gasteiger charge is -2.05. The van der Waals surface area contributed by atoms with Crippen molar-refractivity contribution in [2.24, 2.45) is 0 Å². The first kappa shape index (κ1) is 14.0. The van der Waals surface area contributed by atoms with Crippen molar-refractivity contribution in [3.05, 3.63) is 52.4 Å². The van der Waals surface area contributed by atoms with Gasteiger partial charge in [-0.3, -0.25) is 0 Å². The van der Waals surface area contributed by atoms with Crippen LogP contribution in [0.15, 0.2) is 34.9 Å². The van der Waals surface area contributed by atoms with E-state index in [0.29, 0.717) is 22.0 Å². The van der Waals surface area contributed by atoms with Crippen molar-refractivity contribution in [1.29, 1.82) is 0 Å². The Kier molecular flexibility index (Phi) is 4.24. The van der Waals surface area contributed by atoms with Crippen molar-refractivity contribution >= 4 is 21.6 Å². The normalized spacial score (nSPS) is 11.7. The van der Waals surface area contributed by atoms with Crippen LogP contribution < -0.4 is 4.72 Å². The third-order valence-corrected chi connectivity index (χ3v) is 3.97. The van der Waals surface area contributed by atoms with Gasteiger partial charge in [-0.2, -0.15) is 0 Å². The minimum Gasteiger partial charge on any atom is -0.361 e. The highest BCUT2D eigenvalue weighted by molar-refractivity contribution is 7.88. The zero-order chi connectivity index (χ0) is 13.9. The van der Waals surface area contributed by atoms with Crippen LogP contribution in [0.1, 0.15) is 17.0 Å². The molecular weight excluding hydrogens is 288 g/mol. The number of halogens is 1. The van der Waals surface area contributed by atoms with Crippen LogP contribution in [0.3, 0.4) is 0 Å². The summed E-state index contributed by atoms with van der Waals surface area (Å²) in [4.78, 5) is 0. The van der Waals surface area contributed by atoms with E-state index in [0.717, 1.165) is 0 Å². The third kappa shape index (κ3) is 4.34. The maximum Gasteiger partial charge on any atom is 0.216 e. The summed E-state index contributed by atoms with van der Waals surface area (Å²) in [6.07, 6.45) is 0. The van der Waals surface area contributed by atoms with Crippen LogP contribution in [0.4, 0.5) is 0 Å². The molecule has 1 aromatic heterocycles. The lowest BCUT2D eigenvalue weighted by atomic mass is 10.2. The molecule has 0 aliphatic carbocycles. The van der Waals surface area contributed by atoms with Crippen molar-refractivity contribution < 1.29 is 12.9 Å². The van der Waals surface area contributed by atoms with E-state index >= 15 is 0 Å². The van der Waals surface area contributed by atoms with Crippen molar-refractivity contribution in [1.82, 2.24) is 9.88 Å². The number of aromatic nitrogens is 1. The Morgan fingerprint density at radius 3 is 2.58 bits per heavy atom. The Bertz CT molecular complexity index is 650. The molecule has 0 fully saturated rings. The maximum absolute atomic E-state index is 11.9. The maximum atomic E-state index is 11.9. The molecule has 0 saturated carbocycles. The van der Waals surface area contributed by atoms with Crippen LogP contribution in [0.2, 0.25) is 5.02 Å². The predicted molar refractivity (Wildman–Crippen MR) is 72.2 cm³/mol. The van der Waals surface area contributed by atoms with Crippen LogP contribution in [0.25, 0.3) is 0 Å². The SMILES string of the molecule is Cc1cc(CNS(=O)(=O)Cc2ccc(Cl)cc2)no1. The summed E-state index contributed by atoms with van der Waals surface area (Å²) in [5.74, 6) is 0.549. The molecule has 2 rings (SSSR count). The summed E-state index contributed by atoms with van der Waals surface area (Å²) in [6, 6.07) is 8.37. The van der Waals surface area contributed by atoms with Crippen LogP contribution >= 0.6 is 11.6 Å². The summed E-state index contributed by atoms with van der Waals surface area (Å²) in [6.45, 7) is 1.87. The molecule has 1 N–H and O–H groups in total. The molecule has 1 heterocycles. The molecule has 0 atom stereocenters. The topological polar surface area (TPSA) is 72.2 Å². The second kappa shape index (κ2) is 5.73. The van der Waals surface area contributed by atoms with Gasteiger partial charge >= 0.3 is 0 Å². The van der Waals surface area contributed by atoms with Crippen LogP contribution in [-0.2, 0) is 22.3 Å². The molecule has 2 aromatic rings. The minimum atomic E-state index is -3.41. The van der Waals surface area contributed by atoms with Crippen LogP contribution in [-0.4, -0.2) is 13.6 Å². The molecule has 0 amide bonds.